The highest BCUT2D eigenvalue weighted by Crippen LogP contribution is 2.23. The molecule has 0 aliphatic carbocycles. The molecule has 0 fully saturated rings. The molecule has 2 aromatic rings. The van der Waals surface area contributed by atoms with E-state index in [1.165, 1.54) is 0 Å². The van der Waals surface area contributed by atoms with Gasteiger partial charge in [-0.15, -0.1) is 0 Å². The number of nitrogens with two attached hydrogens (primary N) is 1. The third-order valence-corrected chi connectivity index (χ3v) is 3.80. The molecule has 1 amide bonds. The maximum atomic E-state index is 12.3. The summed E-state index contributed by atoms with van der Waals surface area (Å²) in [7, 11) is 0. The number of hydrogen-bond donors (Lipinski definition) is 3. The van der Waals surface area contributed by atoms with Crippen LogP contribution in [0.3, 0.4) is 0 Å². The Labute approximate surface area is 122 Å². The smallest absolute Gasteiger partial charge is 0.253 e. The zero-order valence-corrected chi connectivity index (χ0v) is 12.3. The van der Waals surface area contributed by atoms with Gasteiger partial charge in [-0.3, -0.25) is 4.79 Å². The van der Waals surface area contributed by atoms with Crippen molar-refractivity contribution < 1.29 is 4.79 Å². The molecule has 5 nitrogen and oxygen atoms in total. The Hall–Kier alpha value is -1.79. The van der Waals surface area contributed by atoms with Gasteiger partial charge in [0.2, 0.25) is 0 Å². The number of hydrazine groups is 1. The van der Waals surface area contributed by atoms with Crippen LogP contribution in [0.4, 0.5) is 5.82 Å². The van der Waals surface area contributed by atoms with Gasteiger partial charge in [-0.1, -0.05) is 24.3 Å². The van der Waals surface area contributed by atoms with Gasteiger partial charge in [-0.25, -0.2) is 10.8 Å². The first-order valence-electron chi connectivity index (χ1n) is 6.31. The van der Waals surface area contributed by atoms with E-state index in [0.29, 0.717) is 11.4 Å². The van der Waals surface area contributed by atoms with Crippen LogP contribution in [0.25, 0.3) is 10.8 Å². The molecular formula is C14H18N4OS. The van der Waals surface area contributed by atoms with E-state index in [0.717, 1.165) is 16.5 Å². The Morgan fingerprint density at radius 3 is 2.75 bits per heavy atom. The third kappa shape index (κ3) is 3.02. The van der Waals surface area contributed by atoms with Crippen LogP contribution in [0, 0.1) is 0 Å². The van der Waals surface area contributed by atoms with E-state index in [9.17, 15) is 4.79 Å². The van der Waals surface area contributed by atoms with Crippen molar-refractivity contribution in [1.82, 2.24) is 10.3 Å². The second kappa shape index (κ2) is 6.58. The molecule has 6 heteroatoms. The number of thioether (sulfide) groups is 1. The Kier molecular flexibility index (Phi) is 4.81. The average Bonchev–Trinajstić information content (AvgIpc) is 2.46. The first-order valence-corrected chi connectivity index (χ1v) is 7.71. The van der Waals surface area contributed by atoms with Gasteiger partial charge in [0.25, 0.3) is 5.91 Å². The highest BCUT2D eigenvalue weighted by Gasteiger charge is 2.14. The number of hydrogen-bond acceptors (Lipinski definition) is 5. The number of fused-ring (bicyclic) bond motifs is 1. The van der Waals surface area contributed by atoms with Crippen molar-refractivity contribution in [2.75, 3.05) is 17.4 Å². The minimum Gasteiger partial charge on any atom is -0.349 e. The van der Waals surface area contributed by atoms with Crippen LogP contribution >= 0.6 is 11.8 Å². The van der Waals surface area contributed by atoms with Crippen LogP contribution in [-0.2, 0) is 0 Å². The van der Waals surface area contributed by atoms with Gasteiger partial charge in [0.15, 0.2) is 0 Å². The molecule has 0 spiro atoms. The SMILES string of the molecule is CSCC(C)NC(=O)c1cnc(NN)c2ccccc12. The molecule has 0 aliphatic heterocycles. The molecule has 0 saturated heterocycles. The number of aromatic nitrogens is 1. The standard InChI is InChI=1S/C14H18N4OS/c1-9(8-20-2)17-14(19)12-7-16-13(18-15)11-6-4-3-5-10(11)12/h3-7,9H,8,15H2,1-2H3,(H,16,18)(H,17,19). The summed E-state index contributed by atoms with van der Waals surface area (Å²) in [4.78, 5) is 16.5. The van der Waals surface area contributed by atoms with Gasteiger partial charge in [-0.2, -0.15) is 11.8 Å². The van der Waals surface area contributed by atoms with Crippen LogP contribution in [0.5, 0.6) is 0 Å². The van der Waals surface area contributed by atoms with E-state index < -0.39 is 0 Å². The van der Waals surface area contributed by atoms with E-state index in [1.54, 1.807) is 18.0 Å². The van der Waals surface area contributed by atoms with Crippen LogP contribution in [0.2, 0.25) is 0 Å². The first-order chi connectivity index (χ1) is 9.67. The maximum Gasteiger partial charge on any atom is 0.253 e. The fraction of sp³-hybridized carbons (Fsp3) is 0.286. The molecule has 0 radical (unpaired) electrons. The summed E-state index contributed by atoms with van der Waals surface area (Å²) in [5.74, 6) is 6.77. The van der Waals surface area contributed by atoms with Gasteiger partial charge in [-0.05, 0) is 18.6 Å². The number of nitrogen functional groups attached to an aromatic ring is 1. The van der Waals surface area contributed by atoms with Gasteiger partial charge in [0, 0.05) is 23.4 Å². The van der Waals surface area contributed by atoms with Gasteiger partial charge in [0.05, 0.1) is 5.56 Å². The monoisotopic (exact) mass is 290 g/mol. The van der Waals surface area contributed by atoms with Crippen molar-refractivity contribution in [1.29, 1.82) is 0 Å². The lowest BCUT2D eigenvalue weighted by atomic mass is 10.1. The van der Waals surface area contributed by atoms with Crippen LogP contribution in [0.1, 0.15) is 17.3 Å². The summed E-state index contributed by atoms with van der Waals surface area (Å²) in [6, 6.07) is 7.68. The first kappa shape index (κ1) is 14.6. The van der Waals surface area contributed by atoms with Gasteiger partial charge < -0.3 is 10.7 Å². The molecule has 1 heterocycles. The van der Waals surface area contributed by atoms with Crippen molar-refractivity contribution in [2.45, 2.75) is 13.0 Å². The predicted octanol–water partition coefficient (Wildman–Crippen LogP) is 2.00. The quantitative estimate of drug-likeness (QED) is 0.580. The third-order valence-electron chi connectivity index (χ3n) is 2.97. The molecule has 1 unspecified atom stereocenters. The highest BCUT2D eigenvalue weighted by molar-refractivity contribution is 7.98. The van der Waals surface area contributed by atoms with Crippen LogP contribution < -0.4 is 16.6 Å². The second-order valence-electron chi connectivity index (χ2n) is 4.54. The lowest BCUT2D eigenvalue weighted by Gasteiger charge is -2.14. The van der Waals surface area contributed by atoms with Crippen molar-refractivity contribution in [3.05, 3.63) is 36.0 Å². The van der Waals surface area contributed by atoms with E-state index in [-0.39, 0.29) is 11.9 Å². The summed E-state index contributed by atoms with van der Waals surface area (Å²) in [5.41, 5.74) is 3.11. The van der Waals surface area contributed by atoms with Crippen molar-refractivity contribution >= 4 is 34.3 Å². The van der Waals surface area contributed by atoms with Gasteiger partial charge >= 0.3 is 0 Å². The topological polar surface area (TPSA) is 80.0 Å². The Balaban J connectivity index is 2.37. The van der Waals surface area contributed by atoms with Gasteiger partial charge in [0.1, 0.15) is 5.82 Å². The summed E-state index contributed by atoms with van der Waals surface area (Å²) in [6.07, 6.45) is 3.57. The molecule has 4 N–H and O–H groups in total. The minimum absolute atomic E-state index is 0.112. The number of nitrogens with one attached hydrogen (secondary N) is 2. The normalized spacial score (nSPS) is 12.2. The highest BCUT2D eigenvalue weighted by atomic mass is 32.2. The molecular weight excluding hydrogens is 272 g/mol. The summed E-state index contributed by atoms with van der Waals surface area (Å²) >= 11 is 1.70. The lowest BCUT2D eigenvalue weighted by Crippen LogP contribution is -2.34. The number of carbonyl (C=O) groups is 1. The van der Waals surface area contributed by atoms with E-state index in [2.05, 4.69) is 15.7 Å². The van der Waals surface area contributed by atoms with Crippen LogP contribution in [0.15, 0.2) is 30.5 Å². The maximum absolute atomic E-state index is 12.3. The summed E-state index contributed by atoms with van der Waals surface area (Å²) in [5, 5.41) is 4.65. The lowest BCUT2D eigenvalue weighted by molar-refractivity contribution is 0.0945. The predicted molar refractivity (Wildman–Crippen MR) is 84.9 cm³/mol. The van der Waals surface area contributed by atoms with E-state index >= 15 is 0 Å². The summed E-state index contributed by atoms with van der Waals surface area (Å²) < 4.78 is 0. The number of rotatable bonds is 5. The Morgan fingerprint density at radius 2 is 2.10 bits per heavy atom. The van der Waals surface area contributed by atoms with Crippen LogP contribution in [-0.4, -0.2) is 28.9 Å². The number of nitrogens with zero attached hydrogens (tertiary/aromatic N) is 1. The van der Waals surface area contributed by atoms with Crippen molar-refractivity contribution in [2.24, 2.45) is 5.84 Å². The zero-order valence-electron chi connectivity index (χ0n) is 11.5. The molecule has 2 rings (SSSR count). The van der Waals surface area contributed by atoms with Crippen molar-refractivity contribution in [3.63, 3.8) is 0 Å². The number of carbonyl (C=O) groups excluding carboxylic acids is 1. The van der Waals surface area contributed by atoms with Crippen molar-refractivity contribution in [3.8, 4) is 0 Å². The molecule has 1 aromatic carbocycles. The molecule has 0 saturated carbocycles. The largest absolute Gasteiger partial charge is 0.349 e. The molecule has 106 valence electrons. The number of benzene rings is 1. The molecule has 1 atom stereocenters. The molecule has 20 heavy (non-hydrogen) atoms. The molecule has 0 bridgehead atoms. The van der Waals surface area contributed by atoms with E-state index in [4.69, 9.17) is 5.84 Å². The fourth-order valence-electron chi connectivity index (χ4n) is 2.08. The Bertz CT molecular complexity index is 617. The molecule has 1 aromatic heterocycles. The van der Waals surface area contributed by atoms with E-state index in [1.807, 2.05) is 37.4 Å². The average molecular weight is 290 g/mol. The molecule has 0 aliphatic rings. The fourth-order valence-corrected chi connectivity index (χ4v) is 2.67. The number of anilines is 1. The second-order valence-corrected chi connectivity index (χ2v) is 5.45. The Morgan fingerprint density at radius 1 is 1.40 bits per heavy atom. The zero-order chi connectivity index (χ0) is 14.5. The number of amides is 1. The summed E-state index contributed by atoms with van der Waals surface area (Å²) in [6.45, 7) is 1.99. The number of pyridine rings is 1. The minimum atomic E-state index is -0.112.